The van der Waals surface area contributed by atoms with Crippen LogP contribution in [0.5, 0.6) is 5.75 Å². The molecule has 1 aliphatic heterocycles. The summed E-state index contributed by atoms with van der Waals surface area (Å²) in [5, 5.41) is 3.16. The quantitative estimate of drug-likeness (QED) is 0.913. The van der Waals surface area contributed by atoms with Crippen molar-refractivity contribution in [3.05, 3.63) is 58.6 Å². The molecule has 1 aliphatic rings. The first kappa shape index (κ1) is 13.0. The van der Waals surface area contributed by atoms with Gasteiger partial charge in [0.15, 0.2) is 0 Å². The zero-order chi connectivity index (χ0) is 14.1. The highest BCUT2D eigenvalue weighted by molar-refractivity contribution is 6.32. The van der Waals surface area contributed by atoms with E-state index >= 15 is 0 Å². The molecule has 5 heteroatoms. The minimum absolute atomic E-state index is 0.226. The van der Waals surface area contributed by atoms with Gasteiger partial charge in [0, 0.05) is 17.3 Å². The Labute approximate surface area is 121 Å². The summed E-state index contributed by atoms with van der Waals surface area (Å²) in [7, 11) is 0. The van der Waals surface area contributed by atoms with Crippen LogP contribution in [0.3, 0.4) is 0 Å². The van der Waals surface area contributed by atoms with Crippen molar-refractivity contribution in [2.45, 2.75) is 12.6 Å². The van der Waals surface area contributed by atoms with Crippen LogP contribution in [0.4, 0.5) is 5.69 Å². The fraction of sp³-hybridized carbons (Fsp3) is 0.133. The van der Waals surface area contributed by atoms with Crippen LogP contribution >= 0.6 is 11.6 Å². The first-order valence-corrected chi connectivity index (χ1v) is 6.59. The molecule has 1 heterocycles. The third-order valence-corrected chi connectivity index (χ3v) is 3.51. The van der Waals surface area contributed by atoms with Crippen molar-refractivity contribution in [1.29, 1.82) is 0 Å². The van der Waals surface area contributed by atoms with Gasteiger partial charge in [0.1, 0.15) is 18.4 Å². The van der Waals surface area contributed by atoms with Crippen LogP contribution in [0, 0.1) is 0 Å². The topological polar surface area (TPSA) is 64.4 Å². The molecule has 20 heavy (non-hydrogen) atoms. The summed E-state index contributed by atoms with van der Waals surface area (Å²) in [6, 6.07) is 12.5. The summed E-state index contributed by atoms with van der Waals surface area (Å²) >= 11 is 6.17. The average Bonchev–Trinajstić information content (AvgIpc) is 2.73. The first-order chi connectivity index (χ1) is 9.65. The number of rotatable bonds is 3. The lowest BCUT2D eigenvalue weighted by molar-refractivity contribution is -0.116. The monoisotopic (exact) mass is 288 g/mol. The zero-order valence-electron chi connectivity index (χ0n) is 10.6. The van der Waals surface area contributed by atoms with E-state index in [0.717, 1.165) is 5.56 Å². The highest BCUT2D eigenvalue weighted by Crippen LogP contribution is 2.37. The van der Waals surface area contributed by atoms with Gasteiger partial charge in [-0.25, -0.2) is 0 Å². The number of ether oxygens (including phenoxy) is 1. The Bertz CT molecular complexity index is 658. The molecule has 102 valence electrons. The highest BCUT2D eigenvalue weighted by Gasteiger charge is 2.28. The summed E-state index contributed by atoms with van der Waals surface area (Å²) in [4.78, 5) is 11.5. The number of amides is 1. The van der Waals surface area contributed by atoms with Crippen molar-refractivity contribution < 1.29 is 9.53 Å². The van der Waals surface area contributed by atoms with E-state index in [9.17, 15) is 4.79 Å². The van der Waals surface area contributed by atoms with Gasteiger partial charge < -0.3 is 15.8 Å². The van der Waals surface area contributed by atoms with Crippen molar-refractivity contribution >= 4 is 23.2 Å². The number of benzene rings is 2. The van der Waals surface area contributed by atoms with Crippen LogP contribution in [0.15, 0.2) is 42.5 Å². The molecular weight excluding hydrogens is 276 g/mol. The first-order valence-electron chi connectivity index (χ1n) is 6.22. The molecule has 0 aromatic heterocycles. The van der Waals surface area contributed by atoms with Gasteiger partial charge in [0.2, 0.25) is 5.91 Å². The van der Waals surface area contributed by atoms with Gasteiger partial charge in [-0.15, -0.1) is 0 Å². The van der Waals surface area contributed by atoms with Crippen LogP contribution in [0.25, 0.3) is 0 Å². The van der Waals surface area contributed by atoms with Gasteiger partial charge in [0.05, 0.1) is 5.02 Å². The third kappa shape index (κ3) is 2.35. The van der Waals surface area contributed by atoms with E-state index in [2.05, 4.69) is 5.32 Å². The van der Waals surface area contributed by atoms with E-state index in [1.165, 1.54) is 0 Å². The molecule has 0 aliphatic carbocycles. The number of hydrogen-bond donors (Lipinski definition) is 2. The Morgan fingerprint density at radius 2 is 2.00 bits per heavy atom. The summed E-state index contributed by atoms with van der Waals surface area (Å²) < 4.78 is 5.69. The van der Waals surface area contributed by atoms with Crippen LogP contribution in [-0.4, -0.2) is 5.91 Å². The molecule has 0 fully saturated rings. The molecule has 3 N–H and O–H groups in total. The number of hydrogen-bond acceptors (Lipinski definition) is 3. The molecule has 0 saturated carbocycles. The summed E-state index contributed by atoms with van der Waals surface area (Å²) in [5.74, 6) is 0.306. The number of carbonyl (C=O) groups is 1. The van der Waals surface area contributed by atoms with Crippen molar-refractivity contribution in [2.24, 2.45) is 5.73 Å². The molecule has 1 unspecified atom stereocenters. The van der Waals surface area contributed by atoms with E-state index in [1.807, 2.05) is 30.3 Å². The molecule has 0 saturated heterocycles. The maximum absolute atomic E-state index is 11.5. The predicted molar refractivity (Wildman–Crippen MR) is 77.8 cm³/mol. The van der Waals surface area contributed by atoms with E-state index in [-0.39, 0.29) is 5.91 Å². The van der Waals surface area contributed by atoms with E-state index in [0.29, 0.717) is 28.6 Å². The van der Waals surface area contributed by atoms with Crippen molar-refractivity contribution in [1.82, 2.24) is 0 Å². The fourth-order valence-electron chi connectivity index (χ4n) is 2.13. The Morgan fingerprint density at radius 3 is 2.75 bits per heavy atom. The van der Waals surface area contributed by atoms with E-state index < -0.39 is 6.04 Å². The number of carbonyl (C=O) groups excluding carboxylic acids is 1. The summed E-state index contributed by atoms with van der Waals surface area (Å²) in [5.41, 5.74) is 8.17. The predicted octanol–water partition coefficient (Wildman–Crippen LogP) is 2.87. The molecule has 0 bridgehead atoms. The highest BCUT2D eigenvalue weighted by atomic mass is 35.5. The Kier molecular flexibility index (Phi) is 3.34. The second-order valence-electron chi connectivity index (χ2n) is 4.61. The van der Waals surface area contributed by atoms with Gasteiger partial charge in [-0.1, -0.05) is 41.9 Å². The van der Waals surface area contributed by atoms with Gasteiger partial charge in [-0.3, -0.25) is 4.79 Å². The molecule has 1 atom stereocenters. The summed E-state index contributed by atoms with van der Waals surface area (Å²) in [6.07, 6.45) is 0. The number of halogens is 1. The van der Waals surface area contributed by atoms with Gasteiger partial charge in [-0.05, 0) is 11.6 Å². The van der Waals surface area contributed by atoms with Crippen LogP contribution in [0.1, 0.15) is 17.2 Å². The molecule has 4 nitrogen and oxygen atoms in total. The second kappa shape index (κ2) is 5.15. The van der Waals surface area contributed by atoms with Gasteiger partial charge in [-0.2, -0.15) is 0 Å². The zero-order valence-corrected chi connectivity index (χ0v) is 11.4. The maximum Gasteiger partial charge on any atom is 0.245 e. The Balaban J connectivity index is 1.82. The molecule has 0 radical (unpaired) electrons. The van der Waals surface area contributed by atoms with Gasteiger partial charge >= 0.3 is 0 Å². The number of anilines is 1. The van der Waals surface area contributed by atoms with Crippen LogP contribution in [-0.2, 0) is 11.4 Å². The fourth-order valence-corrected chi connectivity index (χ4v) is 2.36. The SMILES string of the molecule is NC1C(=O)Nc2cc(OCc3ccccc3)c(Cl)cc21. The lowest BCUT2D eigenvalue weighted by atomic mass is 10.1. The third-order valence-electron chi connectivity index (χ3n) is 3.22. The minimum atomic E-state index is -0.661. The molecule has 2 aromatic rings. The van der Waals surface area contributed by atoms with Crippen molar-refractivity contribution in [3.63, 3.8) is 0 Å². The van der Waals surface area contributed by atoms with Crippen molar-refractivity contribution in [3.8, 4) is 5.75 Å². The lowest BCUT2D eigenvalue weighted by Gasteiger charge is -2.10. The standard InChI is InChI=1S/C15H13ClN2O2/c16-11-6-10-12(18-15(19)14(10)17)7-13(11)20-8-9-4-2-1-3-5-9/h1-7,14H,8,17H2,(H,18,19). The largest absolute Gasteiger partial charge is 0.487 e. The van der Waals surface area contributed by atoms with Crippen LogP contribution in [0.2, 0.25) is 5.02 Å². The Hall–Kier alpha value is -2.04. The molecular formula is C15H13ClN2O2. The molecule has 3 rings (SSSR count). The summed E-state index contributed by atoms with van der Waals surface area (Å²) in [6.45, 7) is 0.416. The van der Waals surface area contributed by atoms with E-state index in [4.69, 9.17) is 22.1 Å². The second-order valence-corrected chi connectivity index (χ2v) is 5.02. The maximum atomic E-state index is 11.5. The molecule has 0 spiro atoms. The van der Waals surface area contributed by atoms with E-state index in [1.54, 1.807) is 12.1 Å². The number of nitrogens with one attached hydrogen (secondary N) is 1. The van der Waals surface area contributed by atoms with Crippen molar-refractivity contribution in [2.75, 3.05) is 5.32 Å². The molecule has 2 aromatic carbocycles. The Morgan fingerprint density at radius 1 is 1.25 bits per heavy atom. The van der Waals surface area contributed by atoms with Crippen LogP contribution < -0.4 is 15.8 Å². The lowest BCUT2D eigenvalue weighted by Crippen LogP contribution is -2.19. The minimum Gasteiger partial charge on any atom is -0.487 e. The molecule has 1 amide bonds. The normalized spacial score (nSPS) is 16.7. The van der Waals surface area contributed by atoms with Gasteiger partial charge in [0.25, 0.3) is 0 Å². The number of fused-ring (bicyclic) bond motifs is 1. The average molecular weight is 289 g/mol. The smallest absolute Gasteiger partial charge is 0.245 e. The number of nitrogens with two attached hydrogens (primary N) is 1.